The van der Waals surface area contributed by atoms with E-state index < -0.39 is 12.1 Å². The molecule has 1 aliphatic rings. The Morgan fingerprint density at radius 1 is 1.44 bits per heavy atom. The molecule has 1 heterocycles. The van der Waals surface area contributed by atoms with Gasteiger partial charge in [-0.05, 0) is 5.56 Å². The van der Waals surface area contributed by atoms with Crippen molar-refractivity contribution in [1.82, 2.24) is 4.90 Å². The van der Waals surface area contributed by atoms with Gasteiger partial charge in [0.05, 0.1) is 6.61 Å². The van der Waals surface area contributed by atoms with Gasteiger partial charge >= 0.3 is 5.97 Å². The summed E-state index contributed by atoms with van der Waals surface area (Å²) in [5.74, 6) is -0.877. The number of benzene rings is 1. The zero-order valence-electron chi connectivity index (χ0n) is 9.00. The number of nitrogens with zero attached hydrogens (tertiary/aromatic N) is 1. The Hall–Kier alpha value is -1.39. The van der Waals surface area contributed by atoms with E-state index in [1.54, 1.807) is 0 Å². The lowest BCUT2D eigenvalue weighted by atomic mass is 10.2. The molecular weight excluding hydrogens is 206 g/mol. The van der Waals surface area contributed by atoms with E-state index in [4.69, 9.17) is 9.84 Å². The fourth-order valence-electron chi connectivity index (χ4n) is 1.84. The third-order valence-electron chi connectivity index (χ3n) is 2.68. The molecule has 1 aliphatic heterocycles. The lowest BCUT2D eigenvalue weighted by molar-refractivity contribution is -0.156. The number of carboxylic acid groups (broad SMARTS) is 1. The number of carboxylic acids is 1. The van der Waals surface area contributed by atoms with E-state index in [9.17, 15) is 4.79 Å². The predicted octanol–water partition coefficient (Wildman–Crippen LogP) is 0.972. The van der Waals surface area contributed by atoms with Crippen LogP contribution >= 0.6 is 0 Å². The number of ether oxygens (including phenoxy) is 1. The maximum Gasteiger partial charge on any atom is 0.334 e. The maximum atomic E-state index is 10.8. The molecule has 0 aromatic heterocycles. The van der Waals surface area contributed by atoms with Crippen LogP contribution in [0.15, 0.2) is 30.3 Å². The van der Waals surface area contributed by atoms with E-state index >= 15 is 0 Å². The fraction of sp³-hybridized carbons (Fsp3) is 0.417. The minimum absolute atomic E-state index is 0.463. The molecule has 86 valence electrons. The lowest BCUT2D eigenvalue weighted by Crippen LogP contribution is -2.45. The molecule has 0 radical (unpaired) electrons. The third-order valence-corrected chi connectivity index (χ3v) is 2.68. The Labute approximate surface area is 94.4 Å². The van der Waals surface area contributed by atoms with Gasteiger partial charge in [0.1, 0.15) is 0 Å². The van der Waals surface area contributed by atoms with Crippen LogP contribution in [0.5, 0.6) is 0 Å². The molecule has 1 aromatic carbocycles. The van der Waals surface area contributed by atoms with Crippen molar-refractivity contribution in [3.05, 3.63) is 35.9 Å². The number of rotatable bonds is 3. The van der Waals surface area contributed by atoms with Crippen LogP contribution in [0.25, 0.3) is 0 Å². The molecule has 1 aromatic rings. The topological polar surface area (TPSA) is 49.8 Å². The summed E-state index contributed by atoms with van der Waals surface area (Å²) in [6, 6.07) is 10.0. The number of hydrogen-bond acceptors (Lipinski definition) is 3. The van der Waals surface area contributed by atoms with Gasteiger partial charge in [0.25, 0.3) is 0 Å². The number of morpholine rings is 1. The molecule has 1 N–H and O–H groups in total. The van der Waals surface area contributed by atoms with Gasteiger partial charge in [-0.2, -0.15) is 0 Å². The highest BCUT2D eigenvalue weighted by atomic mass is 16.5. The molecule has 0 bridgehead atoms. The Kier molecular flexibility index (Phi) is 3.54. The lowest BCUT2D eigenvalue weighted by Gasteiger charge is -2.30. The second-order valence-electron chi connectivity index (χ2n) is 3.92. The number of carbonyl (C=O) groups is 1. The van der Waals surface area contributed by atoms with Crippen molar-refractivity contribution in [1.29, 1.82) is 0 Å². The zero-order chi connectivity index (χ0) is 11.4. The van der Waals surface area contributed by atoms with Gasteiger partial charge in [0.2, 0.25) is 0 Å². The molecule has 0 amide bonds. The first-order valence-electron chi connectivity index (χ1n) is 5.36. The normalized spacial score (nSPS) is 21.9. The standard InChI is InChI=1S/C12H15NO3/c14-12(15)11-9-13(6-7-16-11)8-10-4-2-1-3-5-10/h1-5,11H,6-9H2,(H,14,15)/t11-/m0/s1. The van der Waals surface area contributed by atoms with Crippen molar-refractivity contribution < 1.29 is 14.6 Å². The van der Waals surface area contributed by atoms with Crippen molar-refractivity contribution in [2.24, 2.45) is 0 Å². The van der Waals surface area contributed by atoms with Crippen LogP contribution in [0.4, 0.5) is 0 Å². The van der Waals surface area contributed by atoms with Gasteiger partial charge < -0.3 is 9.84 Å². The minimum atomic E-state index is -0.877. The number of hydrogen-bond donors (Lipinski definition) is 1. The van der Waals surface area contributed by atoms with E-state index in [1.807, 2.05) is 30.3 Å². The molecule has 1 fully saturated rings. The van der Waals surface area contributed by atoms with Crippen LogP contribution in [0.3, 0.4) is 0 Å². The van der Waals surface area contributed by atoms with Crippen LogP contribution in [-0.4, -0.2) is 41.8 Å². The van der Waals surface area contributed by atoms with Crippen molar-refractivity contribution in [2.75, 3.05) is 19.7 Å². The monoisotopic (exact) mass is 221 g/mol. The summed E-state index contributed by atoms with van der Waals surface area (Å²) in [4.78, 5) is 12.9. The summed E-state index contributed by atoms with van der Waals surface area (Å²) in [7, 11) is 0. The second kappa shape index (κ2) is 5.09. The molecule has 4 nitrogen and oxygen atoms in total. The van der Waals surface area contributed by atoms with Crippen LogP contribution in [0.1, 0.15) is 5.56 Å². The predicted molar refractivity (Wildman–Crippen MR) is 59.1 cm³/mol. The Bertz CT molecular complexity index is 353. The van der Waals surface area contributed by atoms with Gasteiger partial charge in [-0.1, -0.05) is 30.3 Å². The van der Waals surface area contributed by atoms with Gasteiger partial charge in [-0.25, -0.2) is 4.79 Å². The third kappa shape index (κ3) is 2.81. The highest BCUT2D eigenvalue weighted by Gasteiger charge is 2.25. The van der Waals surface area contributed by atoms with Crippen LogP contribution in [0, 0.1) is 0 Å². The van der Waals surface area contributed by atoms with Gasteiger partial charge in [-0.15, -0.1) is 0 Å². The van der Waals surface area contributed by atoms with E-state index in [1.165, 1.54) is 5.56 Å². The summed E-state index contributed by atoms with van der Waals surface area (Å²) >= 11 is 0. The summed E-state index contributed by atoms with van der Waals surface area (Å²) in [6.45, 7) is 2.53. The molecule has 0 unspecified atom stereocenters. The van der Waals surface area contributed by atoms with Crippen LogP contribution in [0.2, 0.25) is 0 Å². The highest BCUT2D eigenvalue weighted by molar-refractivity contribution is 5.72. The van der Waals surface area contributed by atoms with E-state index in [-0.39, 0.29) is 0 Å². The first-order chi connectivity index (χ1) is 7.75. The summed E-state index contributed by atoms with van der Waals surface area (Å²) in [5.41, 5.74) is 1.20. The molecule has 16 heavy (non-hydrogen) atoms. The molecule has 0 aliphatic carbocycles. The van der Waals surface area contributed by atoms with Gasteiger partial charge in [0.15, 0.2) is 6.10 Å². The van der Waals surface area contributed by atoms with E-state index in [0.29, 0.717) is 13.2 Å². The van der Waals surface area contributed by atoms with Gasteiger partial charge in [-0.3, -0.25) is 4.90 Å². The summed E-state index contributed by atoms with van der Waals surface area (Å²) in [5, 5.41) is 8.87. The quantitative estimate of drug-likeness (QED) is 0.826. The highest BCUT2D eigenvalue weighted by Crippen LogP contribution is 2.10. The molecule has 2 rings (SSSR count). The Balaban J connectivity index is 1.93. The summed E-state index contributed by atoms with van der Waals surface area (Å²) in [6.07, 6.45) is -0.683. The molecule has 1 saturated heterocycles. The molecule has 1 atom stereocenters. The minimum Gasteiger partial charge on any atom is -0.479 e. The van der Waals surface area contributed by atoms with Crippen molar-refractivity contribution in [3.8, 4) is 0 Å². The first-order valence-corrected chi connectivity index (χ1v) is 5.36. The number of aliphatic carboxylic acids is 1. The van der Waals surface area contributed by atoms with Crippen molar-refractivity contribution in [3.63, 3.8) is 0 Å². The Morgan fingerprint density at radius 3 is 2.88 bits per heavy atom. The van der Waals surface area contributed by atoms with Crippen molar-refractivity contribution >= 4 is 5.97 Å². The van der Waals surface area contributed by atoms with E-state index in [0.717, 1.165) is 13.1 Å². The molecular formula is C12H15NO3. The molecule has 4 heteroatoms. The van der Waals surface area contributed by atoms with Crippen molar-refractivity contribution in [2.45, 2.75) is 12.6 Å². The van der Waals surface area contributed by atoms with Gasteiger partial charge in [0, 0.05) is 19.6 Å². The Morgan fingerprint density at radius 2 is 2.19 bits per heavy atom. The summed E-state index contributed by atoms with van der Waals surface area (Å²) < 4.78 is 5.17. The molecule has 0 saturated carbocycles. The first kappa shape index (κ1) is 11.1. The zero-order valence-corrected chi connectivity index (χ0v) is 9.00. The average molecular weight is 221 g/mol. The smallest absolute Gasteiger partial charge is 0.334 e. The second-order valence-corrected chi connectivity index (χ2v) is 3.92. The fourth-order valence-corrected chi connectivity index (χ4v) is 1.84. The molecule has 0 spiro atoms. The largest absolute Gasteiger partial charge is 0.479 e. The van der Waals surface area contributed by atoms with E-state index in [2.05, 4.69) is 4.90 Å². The average Bonchev–Trinajstić information content (AvgIpc) is 2.30. The SMILES string of the molecule is O=C(O)[C@@H]1CN(Cc2ccccc2)CCO1. The maximum absolute atomic E-state index is 10.8. The van der Waals surface area contributed by atoms with Crippen LogP contribution < -0.4 is 0 Å². The van der Waals surface area contributed by atoms with Crippen LogP contribution in [-0.2, 0) is 16.1 Å².